The first-order valence-electron chi connectivity index (χ1n) is 7.51. The van der Waals surface area contributed by atoms with Crippen molar-refractivity contribution in [3.63, 3.8) is 0 Å². The lowest BCUT2D eigenvalue weighted by molar-refractivity contribution is -0.120. The third kappa shape index (κ3) is 3.21. The number of rotatable bonds is 4. The van der Waals surface area contributed by atoms with E-state index in [0.29, 0.717) is 11.1 Å². The van der Waals surface area contributed by atoms with Crippen molar-refractivity contribution >= 4 is 44.8 Å². The minimum Gasteiger partial charge on any atom is -0.281 e. The van der Waals surface area contributed by atoms with Crippen LogP contribution >= 0.6 is 23.2 Å². The molecule has 2 nitrogen and oxygen atoms in total. The first-order valence-corrected chi connectivity index (χ1v) is 8.26. The molecule has 0 amide bonds. The highest BCUT2D eigenvalue weighted by atomic mass is 35.5. The number of halogens is 2. The third-order valence-electron chi connectivity index (χ3n) is 4.15. The van der Waals surface area contributed by atoms with Crippen LogP contribution in [0.25, 0.3) is 11.1 Å². The molecule has 0 radical (unpaired) electrons. The second kappa shape index (κ2) is 7.16. The lowest BCUT2D eigenvalue weighted by atomic mass is 9.74. The van der Waals surface area contributed by atoms with Crippen LogP contribution in [0.3, 0.4) is 0 Å². The zero-order valence-electron chi connectivity index (χ0n) is 12.7. The van der Waals surface area contributed by atoms with Gasteiger partial charge in [0, 0.05) is 0 Å². The quantitative estimate of drug-likeness (QED) is 0.727. The van der Waals surface area contributed by atoms with Gasteiger partial charge in [0.25, 0.3) is 0 Å². The van der Waals surface area contributed by atoms with Gasteiger partial charge in [-0.15, -0.1) is 0 Å². The fourth-order valence-corrected chi connectivity index (χ4v) is 3.55. The topological polar surface area (TPSA) is 34.1 Å². The van der Waals surface area contributed by atoms with E-state index in [9.17, 15) is 9.59 Å². The molecule has 0 saturated heterocycles. The summed E-state index contributed by atoms with van der Waals surface area (Å²) < 4.78 is 0. The fourth-order valence-electron chi connectivity index (χ4n) is 3.07. The Kier molecular flexibility index (Phi) is 4.98. The first kappa shape index (κ1) is 16.7. The van der Waals surface area contributed by atoms with E-state index in [2.05, 4.69) is 0 Å². The van der Waals surface area contributed by atoms with Crippen LogP contribution in [-0.2, 0) is 9.59 Å². The van der Waals surface area contributed by atoms with Crippen LogP contribution in [0.15, 0.2) is 72.8 Å². The zero-order valence-corrected chi connectivity index (χ0v) is 14.2. The number of benzene rings is 2. The summed E-state index contributed by atoms with van der Waals surface area (Å²) >= 11 is 11.7. The fraction of sp³-hybridized carbons (Fsp3) is 0.100. The maximum Gasteiger partial charge on any atom is 0.230 e. The first-order chi connectivity index (χ1) is 11.6. The second-order valence-electron chi connectivity index (χ2n) is 5.54. The summed E-state index contributed by atoms with van der Waals surface area (Å²) in [6, 6.07) is 18.8. The van der Waals surface area contributed by atoms with Crippen molar-refractivity contribution in [2.24, 2.45) is 11.8 Å². The molecule has 0 fully saturated rings. The van der Waals surface area contributed by atoms with E-state index in [1.165, 1.54) is 0 Å². The average molecular weight is 357 g/mol. The Morgan fingerprint density at radius 1 is 0.625 bits per heavy atom. The van der Waals surface area contributed by atoms with Gasteiger partial charge in [-0.2, -0.15) is 0 Å². The van der Waals surface area contributed by atoms with E-state index in [0.717, 1.165) is 11.1 Å². The van der Waals surface area contributed by atoms with Crippen molar-refractivity contribution in [1.29, 1.82) is 0 Å². The summed E-state index contributed by atoms with van der Waals surface area (Å²) in [5, 5.41) is -1.18. The average Bonchev–Trinajstić information content (AvgIpc) is 2.61. The molecule has 2 aromatic rings. The molecule has 0 spiro atoms. The molecule has 0 bridgehead atoms. The molecule has 0 aliphatic heterocycles. The van der Waals surface area contributed by atoms with Gasteiger partial charge in [-0.3, -0.25) is 9.59 Å². The molecular formula is C20H14Cl2O2. The van der Waals surface area contributed by atoms with Crippen LogP contribution in [0.4, 0.5) is 0 Å². The van der Waals surface area contributed by atoms with Crippen LogP contribution in [0, 0.1) is 11.8 Å². The van der Waals surface area contributed by atoms with Crippen LogP contribution < -0.4 is 0 Å². The molecular weight excluding hydrogens is 343 g/mol. The minimum absolute atomic E-state index is 0.592. The van der Waals surface area contributed by atoms with Gasteiger partial charge in [-0.1, -0.05) is 72.8 Å². The SMILES string of the molecule is O=C(Cl)[C@@H]1C(c2ccccc2)=CC=C(c2ccccc2)[C@H]1C(=O)Cl. The Morgan fingerprint density at radius 2 is 0.958 bits per heavy atom. The van der Waals surface area contributed by atoms with E-state index in [4.69, 9.17) is 23.2 Å². The lowest BCUT2D eigenvalue weighted by Crippen LogP contribution is -2.29. The highest BCUT2D eigenvalue weighted by molar-refractivity contribution is 6.68. The predicted molar refractivity (Wildman–Crippen MR) is 97.5 cm³/mol. The molecule has 120 valence electrons. The standard InChI is InChI=1S/C20H14Cl2O2/c21-19(23)17-15(13-7-3-1-4-8-13)11-12-16(18(17)20(22)24)14-9-5-2-6-10-14/h1-12,17-18H/t17-,18-/m1/s1. The Hall–Kier alpha value is -2.16. The predicted octanol–water partition coefficient (Wildman–Crippen LogP) is 4.93. The summed E-state index contributed by atoms with van der Waals surface area (Å²) in [5.41, 5.74) is 3.11. The van der Waals surface area contributed by atoms with E-state index >= 15 is 0 Å². The van der Waals surface area contributed by atoms with Crippen molar-refractivity contribution in [3.05, 3.63) is 83.9 Å². The Bertz CT molecular complexity index is 752. The summed E-state index contributed by atoms with van der Waals surface area (Å²) in [5.74, 6) is -1.61. The van der Waals surface area contributed by atoms with Gasteiger partial charge in [-0.05, 0) is 45.5 Å². The molecule has 0 unspecified atom stereocenters. The van der Waals surface area contributed by atoms with Crippen LogP contribution in [0.5, 0.6) is 0 Å². The maximum absolute atomic E-state index is 12.2. The third-order valence-corrected chi connectivity index (χ3v) is 4.62. The number of allylic oxidation sites excluding steroid dienone is 4. The van der Waals surface area contributed by atoms with Gasteiger partial charge in [0.05, 0.1) is 11.8 Å². The van der Waals surface area contributed by atoms with Crippen molar-refractivity contribution < 1.29 is 9.59 Å². The molecule has 1 aliphatic rings. The molecule has 0 saturated carbocycles. The highest BCUT2D eigenvalue weighted by Gasteiger charge is 2.39. The summed E-state index contributed by atoms with van der Waals surface area (Å²) in [6.45, 7) is 0. The summed E-state index contributed by atoms with van der Waals surface area (Å²) in [4.78, 5) is 24.3. The summed E-state index contributed by atoms with van der Waals surface area (Å²) in [6.07, 6.45) is 3.69. The molecule has 1 aliphatic carbocycles. The largest absolute Gasteiger partial charge is 0.281 e. The van der Waals surface area contributed by atoms with Gasteiger partial charge in [0.2, 0.25) is 10.5 Å². The molecule has 2 aromatic carbocycles. The number of hydrogen-bond donors (Lipinski definition) is 0. The van der Waals surface area contributed by atoms with E-state index in [-0.39, 0.29) is 0 Å². The Morgan fingerprint density at radius 3 is 1.25 bits per heavy atom. The Balaban J connectivity index is 2.17. The zero-order chi connectivity index (χ0) is 17.1. The smallest absolute Gasteiger partial charge is 0.230 e. The van der Waals surface area contributed by atoms with Crippen molar-refractivity contribution in [2.45, 2.75) is 0 Å². The molecule has 0 aromatic heterocycles. The van der Waals surface area contributed by atoms with E-state index < -0.39 is 22.3 Å². The van der Waals surface area contributed by atoms with Gasteiger partial charge in [0.15, 0.2) is 0 Å². The van der Waals surface area contributed by atoms with Crippen LogP contribution in [0.1, 0.15) is 11.1 Å². The summed E-state index contributed by atoms with van der Waals surface area (Å²) in [7, 11) is 0. The number of hydrogen-bond acceptors (Lipinski definition) is 2. The van der Waals surface area contributed by atoms with Gasteiger partial charge < -0.3 is 0 Å². The second-order valence-corrected chi connectivity index (χ2v) is 6.28. The van der Waals surface area contributed by atoms with Crippen LogP contribution in [-0.4, -0.2) is 10.5 Å². The molecule has 0 heterocycles. The Labute approximate surface area is 150 Å². The minimum atomic E-state index is -0.806. The van der Waals surface area contributed by atoms with Gasteiger partial charge in [0.1, 0.15) is 0 Å². The lowest BCUT2D eigenvalue weighted by Gasteiger charge is -2.29. The van der Waals surface area contributed by atoms with Gasteiger partial charge >= 0.3 is 0 Å². The van der Waals surface area contributed by atoms with Crippen molar-refractivity contribution in [1.82, 2.24) is 0 Å². The normalized spacial score (nSPS) is 20.1. The molecule has 4 heteroatoms. The van der Waals surface area contributed by atoms with Crippen molar-refractivity contribution in [3.8, 4) is 0 Å². The molecule has 3 rings (SSSR count). The maximum atomic E-state index is 12.2. The molecule has 24 heavy (non-hydrogen) atoms. The van der Waals surface area contributed by atoms with Crippen LogP contribution in [0.2, 0.25) is 0 Å². The van der Waals surface area contributed by atoms with E-state index in [1.807, 2.05) is 72.8 Å². The van der Waals surface area contributed by atoms with Gasteiger partial charge in [-0.25, -0.2) is 0 Å². The number of carbonyl (C=O) groups is 2. The monoisotopic (exact) mass is 356 g/mol. The highest BCUT2D eigenvalue weighted by Crippen LogP contribution is 2.43. The van der Waals surface area contributed by atoms with E-state index in [1.54, 1.807) is 0 Å². The molecule has 2 atom stereocenters. The molecule has 0 N–H and O–H groups in total. The number of carbonyl (C=O) groups excluding carboxylic acids is 2. The van der Waals surface area contributed by atoms with Crippen molar-refractivity contribution in [2.75, 3.05) is 0 Å².